The number of hydrogen-bond acceptors (Lipinski definition) is 3. The van der Waals surface area contributed by atoms with Crippen LogP contribution in [0.25, 0.3) is 0 Å². The molecule has 100 valence electrons. The third kappa shape index (κ3) is 3.53. The van der Waals surface area contributed by atoms with Crippen LogP contribution in [-0.2, 0) is 14.9 Å². The van der Waals surface area contributed by atoms with E-state index in [1.54, 1.807) is 19.1 Å². The highest BCUT2D eigenvalue weighted by atomic mass is 79.9. The van der Waals surface area contributed by atoms with E-state index < -0.39 is 5.41 Å². The summed E-state index contributed by atoms with van der Waals surface area (Å²) in [5.74, 6) is -0.639. The Kier molecular flexibility index (Phi) is 5.28. The van der Waals surface area contributed by atoms with E-state index in [4.69, 9.17) is 10.5 Å². The molecule has 0 aliphatic rings. The molecular weight excluding hydrogens is 301 g/mol. The lowest BCUT2D eigenvalue weighted by molar-refractivity contribution is -0.144. The molecule has 2 N–H and O–H groups in total. The van der Waals surface area contributed by atoms with Gasteiger partial charge in [-0.3, -0.25) is 4.79 Å². The maximum absolute atomic E-state index is 13.2. The van der Waals surface area contributed by atoms with Gasteiger partial charge in [-0.15, -0.1) is 0 Å². The fraction of sp³-hybridized carbons (Fsp3) is 0.462. The van der Waals surface area contributed by atoms with Crippen LogP contribution in [0.1, 0.15) is 25.8 Å². The number of esters is 1. The molecule has 0 spiro atoms. The first-order valence-corrected chi connectivity index (χ1v) is 6.53. The number of benzene rings is 1. The molecular formula is C13H17BrFNO2. The van der Waals surface area contributed by atoms with E-state index in [2.05, 4.69) is 15.9 Å². The molecule has 0 amide bonds. The quantitative estimate of drug-likeness (QED) is 0.850. The number of carbonyl (C=O) groups excluding carboxylic acids is 1. The van der Waals surface area contributed by atoms with E-state index >= 15 is 0 Å². The molecule has 1 rings (SSSR count). The molecule has 1 aromatic rings. The molecule has 0 heterocycles. The van der Waals surface area contributed by atoms with Gasteiger partial charge in [-0.2, -0.15) is 0 Å². The summed E-state index contributed by atoms with van der Waals surface area (Å²) in [5, 5.41) is 0. The van der Waals surface area contributed by atoms with Crippen LogP contribution >= 0.6 is 15.9 Å². The highest BCUT2D eigenvalue weighted by molar-refractivity contribution is 9.10. The second-order valence-electron chi connectivity index (χ2n) is 4.38. The third-order valence-corrected chi connectivity index (χ3v) is 3.51. The fourth-order valence-electron chi connectivity index (χ4n) is 1.69. The number of rotatable bonds is 5. The molecule has 18 heavy (non-hydrogen) atoms. The highest BCUT2D eigenvalue weighted by Gasteiger charge is 2.29. The summed E-state index contributed by atoms with van der Waals surface area (Å²) in [7, 11) is 0. The van der Waals surface area contributed by atoms with Crippen LogP contribution in [0.4, 0.5) is 4.39 Å². The van der Waals surface area contributed by atoms with Crippen molar-refractivity contribution in [1.29, 1.82) is 0 Å². The predicted molar refractivity (Wildman–Crippen MR) is 71.8 cm³/mol. The summed E-state index contributed by atoms with van der Waals surface area (Å²) in [6, 6.07) is 4.66. The van der Waals surface area contributed by atoms with Crippen molar-refractivity contribution in [3.05, 3.63) is 34.1 Å². The Morgan fingerprint density at radius 2 is 2.22 bits per heavy atom. The van der Waals surface area contributed by atoms with Crippen LogP contribution in [0.3, 0.4) is 0 Å². The highest BCUT2D eigenvalue weighted by Crippen LogP contribution is 2.30. The van der Waals surface area contributed by atoms with Gasteiger partial charge in [-0.25, -0.2) is 4.39 Å². The van der Waals surface area contributed by atoms with Gasteiger partial charge in [-0.05, 0) is 40.5 Å². The van der Waals surface area contributed by atoms with Gasteiger partial charge in [-0.1, -0.05) is 13.0 Å². The lowest BCUT2D eigenvalue weighted by atomic mass is 9.79. The molecule has 1 aromatic carbocycles. The molecule has 0 aliphatic heterocycles. The summed E-state index contributed by atoms with van der Waals surface area (Å²) >= 11 is 3.13. The summed E-state index contributed by atoms with van der Waals surface area (Å²) in [6.07, 6.45) is 0.176. The topological polar surface area (TPSA) is 52.3 Å². The number of hydrogen-bond donors (Lipinski definition) is 1. The Balaban J connectivity index is 2.99. The Labute approximate surface area is 115 Å². The van der Waals surface area contributed by atoms with Crippen molar-refractivity contribution < 1.29 is 13.9 Å². The summed E-state index contributed by atoms with van der Waals surface area (Å²) < 4.78 is 18.5. The van der Waals surface area contributed by atoms with E-state index in [0.29, 0.717) is 11.1 Å². The summed E-state index contributed by atoms with van der Waals surface area (Å²) in [4.78, 5) is 11.6. The lowest BCUT2D eigenvalue weighted by Crippen LogP contribution is -2.35. The maximum atomic E-state index is 13.2. The fourth-order valence-corrected chi connectivity index (χ4v) is 2.07. The minimum absolute atomic E-state index is 0.176. The standard InChI is InChI=1S/C13H17BrFNO2/c1-3-18-12(17)7-13(2,8-16)9-4-5-11(15)10(14)6-9/h4-6H,3,7-8,16H2,1-2H3. The first-order valence-electron chi connectivity index (χ1n) is 5.74. The SMILES string of the molecule is CCOC(=O)CC(C)(CN)c1ccc(F)c(Br)c1. The second-order valence-corrected chi connectivity index (χ2v) is 5.23. The Morgan fingerprint density at radius 3 is 2.72 bits per heavy atom. The Morgan fingerprint density at radius 1 is 1.56 bits per heavy atom. The van der Waals surface area contributed by atoms with E-state index in [-0.39, 0.29) is 24.8 Å². The smallest absolute Gasteiger partial charge is 0.306 e. The maximum Gasteiger partial charge on any atom is 0.306 e. The number of halogens is 2. The monoisotopic (exact) mass is 317 g/mol. The van der Waals surface area contributed by atoms with Gasteiger partial charge >= 0.3 is 5.97 Å². The van der Waals surface area contributed by atoms with Crippen LogP contribution in [-0.4, -0.2) is 19.1 Å². The second kappa shape index (κ2) is 6.29. The first kappa shape index (κ1) is 15.1. The van der Waals surface area contributed by atoms with E-state index in [1.165, 1.54) is 6.07 Å². The normalized spacial score (nSPS) is 14.1. The van der Waals surface area contributed by atoms with Crippen LogP contribution in [0.2, 0.25) is 0 Å². The zero-order valence-corrected chi connectivity index (χ0v) is 12.1. The average molecular weight is 318 g/mol. The minimum atomic E-state index is -0.553. The average Bonchev–Trinajstić information content (AvgIpc) is 2.32. The van der Waals surface area contributed by atoms with E-state index in [1.807, 2.05) is 6.92 Å². The van der Waals surface area contributed by atoms with Crippen molar-refractivity contribution in [1.82, 2.24) is 0 Å². The molecule has 0 fully saturated rings. The number of nitrogens with two attached hydrogens (primary N) is 1. The van der Waals surface area contributed by atoms with Crippen molar-refractivity contribution in [3.8, 4) is 0 Å². The van der Waals surface area contributed by atoms with Crippen molar-refractivity contribution in [2.24, 2.45) is 5.73 Å². The lowest BCUT2D eigenvalue weighted by Gasteiger charge is -2.27. The predicted octanol–water partition coefficient (Wildman–Crippen LogP) is 2.76. The molecule has 1 atom stereocenters. The number of ether oxygens (including phenoxy) is 1. The van der Waals surface area contributed by atoms with E-state index in [0.717, 1.165) is 5.56 Å². The largest absolute Gasteiger partial charge is 0.466 e. The van der Waals surface area contributed by atoms with Gasteiger partial charge in [0.25, 0.3) is 0 Å². The Bertz CT molecular complexity index is 439. The molecule has 0 bridgehead atoms. The number of carbonyl (C=O) groups is 1. The molecule has 0 saturated carbocycles. The zero-order valence-electron chi connectivity index (χ0n) is 10.5. The van der Waals surface area contributed by atoms with Crippen molar-refractivity contribution in [3.63, 3.8) is 0 Å². The molecule has 0 saturated heterocycles. The van der Waals surface area contributed by atoms with Gasteiger partial charge < -0.3 is 10.5 Å². The molecule has 1 unspecified atom stereocenters. The molecule has 0 radical (unpaired) electrons. The Hall–Kier alpha value is -0.940. The van der Waals surface area contributed by atoms with Gasteiger partial charge in [0.2, 0.25) is 0 Å². The van der Waals surface area contributed by atoms with Crippen LogP contribution < -0.4 is 5.73 Å². The van der Waals surface area contributed by atoms with Crippen molar-refractivity contribution in [2.75, 3.05) is 13.2 Å². The van der Waals surface area contributed by atoms with Gasteiger partial charge in [0.05, 0.1) is 17.5 Å². The summed E-state index contributed by atoms with van der Waals surface area (Å²) in [5.41, 5.74) is 6.01. The van der Waals surface area contributed by atoms with Gasteiger partial charge in [0.15, 0.2) is 0 Å². The summed E-state index contributed by atoms with van der Waals surface area (Å²) in [6.45, 7) is 4.24. The third-order valence-electron chi connectivity index (χ3n) is 2.91. The first-order chi connectivity index (χ1) is 8.42. The molecule has 5 heteroatoms. The van der Waals surface area contributed by atoms with Crippen molar-refractivity contribution >= 4 is 21.9 Å². The molecule has 0 aromatic heterocycles. The van der Waals surface area contributed by atoms with E-state index in [9.17, 15) is 9.18 Å². The van der Waals surface area contributed by atoms with Crippen molar-refractivity contribution in [2.45, 2.75) is 25.7 Å². The zero-order chi connectivity index (χ0) is 13.8. The molecule has 0 aliphatic carbocycles. The van der Waals surface area contributed by atoms with Gasteiger partial charge in [0.1, 0.15) is 5.82 Å². The van der Waals surface area contributed by atoms with Crippen LogP contribution in [0.15, 0.2) is 22.7 Å². The van der Waals surface area contributed by atoms with Gasteiger partial charge in [0, 0.05) is 12.0 Å². The molecule has 3 nitrogen and oxygen atoms in total. The minimum Gasteiger partial charge on any atom is -0.466 e. The van der Waals surface area contributed by atoms with Crippen LogP contribution in [0.5, 0.6) is 0 Å². The van der Waals surface area contributed by atoms with Crippen LogP contribution in [0, 0.1) is 5.82 Å².